The maximum absolute atomic E-state index is 5.39. The second-order valence-corrected chi connectivity index (χ2v) is 4.37. The fraction of sp³-hybridized carbons (Fsp3) is 0.818. The second-order valence-electron chi connectivity index (χ2n) is 4.37. The molecule has 1 heterocycles. The van der Waals surface area contributed by atoms with Gasteiger partial charge in [0, 0.05) is 26.2 Å². The van der Waals surface area contributed by atoms with Crippen LogP contribution < -0.4 is 5.73 Å². The zero-order valence-electron chi connectivity index (χ0n) is 8.87. The van der Waals surface area contributed by atoms with E-state index in [-0.39, 0.29) is 0 Å². The molecular formula is C11H22N2. The van der Waals surface area contributed by atoms with E-state index in [0.717, 1.165) is 18.4 Å². The summed E-state index contributed by atoms with van der Waals surface area (Å²) < 4.78 is 0. The average Bonchev–Trinajstić information content (AvgIpc) is 2.03. The molecule has 2 N–H and O–H groups in total. The molecule has 0 aromatic rings. The van der Waals surface area contributed by atoms with Crippen LogP contribution in [-0.4, -0.2) is 31.1 Å². The molecule has 0 bridgehead atoms. The molecule has 1 aliphatic rings. The predicted octanol–water partition coefficient (Wildman–Crippen LogP) is 1.48. The van der Waals surface area contributed by atoms with Crippen LogP contribution in [0.2, 0.25) is 0 Å². The first-order chi connectivity index (χ1) is 6.22. The second kappa shape index (κ2) is 5.40. The van der Waals surface area contributed by atoms with Crippen LogP contribution in [0.3, 0.4) is 0 Å². The molecule has 1 fully saturated rings. The first-order valence-electron chi connectivity index (χ1n) is 5.29. The van der Waals surface area contributed by atoms with Crippen LogP contribution in [0.5, 0.6) is 0 Å². The molecule has 2 heteroatoms. The predicted molar refractivity (Wildman–Crippen MR) is 57.6 cm³/mol. The Morgan fingerprint density at radius 3 is 2.38 bits per heavy atom. The maximum Gasteiger partial charge on any atom is 0.0163 e. The van der Waals surface area contributed by atoms with E-state index in [2.05, 4.69) is 24.8 Å². The van der Waals surface area contributed by atoms with Gasteiger partial charge in [0.25, 0.3) is 0 Å². The molecule has 2 unspecified atom stereocenters. The van der Waals surface area contributed by atoms with Gasteiger partial charge in [0.1, 0.15) is 0 Å². The number of rotatable bonds is 3. The average molecular weight is 182 g/mol. The molecule has 1 rings (SSSR count). The van der Waals surface area contributed by atoms with Crippen LogP contribution in [0.25, 0.3) is 0 Å². The summed E-state index contributed by atoms with van der Waals surface area (Å²) in [4.78, 5) is 2.52. The Kier molecular flexibility index (Phi) is 4.46. The molecule has 76 valence electrons. The van der Waals surface area contributed by atoms with Gasteiger partial charge in [-0.3, -0.25) is 4.90 Å². The molecule has 0 aliphatic carbocycles. The minimum atomic E-state index is 0.666. The van der Waals surface area contributed by atoms with Crippen molar-refractivity contribution in [3.05, 3.63) is 12.2 Å². The number of hydrogen-bond acceptors (Lipinski definition) is 2. The summed E-state index contributed by atoms with van der Waals surface area (Å²) in [5.74, 6) is 1.71. The standard InChI is InChI=1S/C11H22N2/c1-10-7-11(2)9-13(8-10)6-4-3-5-12/h3-4,10-11H,5-9,12H2,1-2H3. The van der Waals surface area contributed by atoms with Crippen molar-refractivity contribution in [2.24, 2.45) is 17.6 Å². The Morgan fingerprint density at radius 2 is 1.85 bits per heavy atom. The van der Waals surface area contributed by atoms with Crippen molar-refractivity contribution >= 4 is 0 Å². The fourth-order valence-corrected chi connectivity index (χ4v) is 2.26. The van der Waals surface area contributed by atoms with Gasteiger partial charge in [0.2, 0.25) is 0 Å². The highest BCUT2D eigenvalue weighted by atomic mass is 15.1. The summed E-state index contributed by atoms with van der Waals surface area (Å²) in [6.45, 7) is 8.92. The normalized spacial score (nSPS) is 31.3. The Labute approximate surface area is 81.8 Å². The largest absolute Gasteiger partial charge is 0.327 e. The van der Waals surface area contributed by atoms with Crippen molar-refractivity contribution in [1.29, 1.82) is 0 Å². The van der Waals surface area contributed by atoms with Gasteiger partial charge < -0.3 is 5.73 Å². The van der Waals surface area contributed by atoms with Gasteiger partial charge >= 0.3 is 0 Å². The van der Waals surface area contributed by atoms with Crippen LogP contribution in [-0.2, 0) is 0 Å². The highest BCUT2D eigenvalue weighted by Crippen LogP contribution is 2.20. The zero-order valence-corrected chi connectivity index (χ0v) is 8.87. The Hall–Kier alpha value is -0.340. The molecule has 0 radical (unpaired) electrons. The molecule has 2 nitrogen and oxygen atoms in total. The highest BCUT2D eigenvalue weighted by molar-refractivity contribution is 4.87. The lowest BCUT2D eigenvalue weighted by molar-refractivity contribution is 0.155. The van der Waals surface area contributed by atoms with Gasteiger partial charge in [-0.1, -0.05) is 26.0 Å². The Balaban J connectivity index is 2.28. The summed E-state index contributed by atoms with van der Waals surface area (Å²) in [5, 5.41) is 0. The topological polar surface area (TPSA) is 29.3 Å². The summed E-state index contributed by atoms with van der Waals surface area (Å²) in [7, 11) is 0. The van der Waals surface area contributed by atoms with Crippen LogP contribution >= 0.6 is 0 Å². The van der Waals surface area contributed by atoms with Crippen molar-refractivity contribution in [3.8, 4) is 0 Å². The molecule has 2 atom stereocenters. The van der Waals surface area contributed by atoms with Crippen molar-refractivity contribution in [1.82, 2.24) is 4.90 Å². The van der Waals surface area contributed by atoms with Crippen LogP contribution in [0.1, 0.15) is 20.3 Å². The molecular weight excluding hydrogens is 160 g/mol. The third kappa shape index (κ3) is 3.92. The first-order valence-corrected chi connectivity index (χ1v) is 5.29. The monoisotopic (exact) mass is 182 g/mol. The van der Waals surface area contributed by atoms with Crippen LogP contribution in [0.4, 0.5) is 0 Å². The molecule has 1 saturated heterocycles. The quantitative estimate of drug-likeness (QED) is 0.670. The lowest BCUT2D eigenvalue weighted by Gasteiger charge is -2.34. The lowest BCUT2D eigenvalue weighted by Crippen LogP contribution is -2.38. The Morgan fingerprint density at radius 1 is 1.23 bits per heavy atom. The van der Waals surface area contributed by atoms with Gasteiger partial charge in [-0.2, -0.15) is 0 Å². The summed E-state index contributed by atoms with van der Waals surface area (Å²) in [6, 6.07) is 0. The zero-order chi connectivity index (χ0) is 9.68. The van der Waals surface area contributed by atoms with Crippen molar-refractivity contribution in [2.75, 3.05) is 26.2 Å². The van der Waals surface area contributed by atoms with E-state index in [1.54, 1.807) is 0 Å². The summed E-state index contributed by atoms with van der Waals surface area (Å²) >= 11 is 0. The molecule has 1 aliphatic heterocycles. The minimum Gasteiger partial charge on any atom is -0.327 e. The van der Waals surface area contributed by atoms with E-state index in [4.69, 9.17) is 5.73 Å². The van der Waals surface area contributed by atoms with Gasteiger partial charge in [0.15, 0.2) is 0 Å². The van der Waals surface area contributed by atoms with Crippen LogP contribution in [0.15, 0.2) is 12.2 Å². The molecule has 0 amide bonds. The SMILES string of the molecule is CC1CC(C)CN(CC=CCN)C1. The third-order valence-electron chi connectivity index (χ3n) is 2.61. The smallest absolute Gasteiger partial charge is 0.0163 e. The highest BCUT2D eigenvalue weighted by Gasteiger charge is 2.20. The van der Waals surface area contributed by atoms with Gasteiger partial charge in [0.05, 0.1) is 0 Å². The van der Waals surface area contributed by atoms with Gasteiger partial charge in [-0.25, -0.2) is 0 Å². The summed E-state index contributed by atoms with van der Waals surface area (Å²) in [6.07, 6.45) is 5.62. The molecule has 0 aromatic heterocycles. The van der Waals surface area contributed by atoms with E-state index in [1.807, 2.05) is 6.08 Å². The van der Waals surface area contributed by atoms with Crippen molar-refractivity contribution in [2.45, 2.75) is 20.3 Å². The van der Waals surface area contributed by atoms with E-state index in [1.165, 1.54) is 19.5 Å². The molecule has 13 heavy (non-hydrogen) atoms. The number of piperidine rings is 1. The molecule has 0 aromatic carbocycles. The fourth-order valence-electron chi connectivity index (χ4n) is 2.26. The third-order valence-corrected chi connectivity index (χ3v) is 2.61. The summed E-state index contributed by atoms with van der Waals surface area (Å²) in [5.41, 5.74) is 5.39. The number of hydrogen-bond donors (Lipinski definition) is 1. The molecule has 0 saturated carbocycles. The van der Waals surface area contributed by atoms with Crippen molar-refractivity contribution < 1.29 is 0 Å². The van der Waals surface area contributed by atoms with E-state index < -0.39 is 0 Å². The molecule has 0 spiro atoms. The number of likely N-dealkylation sites (tertiary alicyclic amines) is 1. The van der Waals surface area contributed by atoms with E-state index in [0.29, 0.717) is 6.54 Å². The van der Waals surface area contributed by atoms with Gasteiger partial charge in [-0.05, 0) is 18.3 Å². The van der Waals surface area contributed by atoms with Crippen LogP contribution in [0, 0.1) is 11.8 Å². The van der Waals surface area contributed by atoms with E-state index in [9.17, 15) is 0 Å². The maximum atomic E-state index is 5.39. The number of nitrogens with zero attached hydrogens (tertiary/aromatic N) is 1. The van der Waals surface area contributed by atoms with E-state index >= 15 is 0 Å². The number of nitrogens with two attached hydrogens (primary N) is 1. The Bertz CT molecular complexity index is 155. The van der Waals surface area contributed by atoms with Crippen molar-refractivity contribution in [3.63, 3.8) is 0 Å². The van der Waals surface area contributed by atoms with Gasteiger partial charge in [-0.15, -0.1) is 0 Å². The minimum absolute atomic E-state index is 0.666. The first kappa shape index (κ1) is 10.7. The lowest BCUT2D eigenvalue weighted by atomic mass is 9.92.